The third-order valence-corrected chi connectivity index (χ3v) is 2.02. The van der Waals surface area contributed by atoms with E-state index in [0.717, 1.165) is 11.1 Å². The van der Waals surface area contributed by atoms with Crippen molar-refractivity contribution in [2.45, 2.75) is 0 Å². The summed E-state index contributed by atoms with van der Waals surface area (Å²) in [6, 6.07) is 13.9. The lowest BCUT2D eigenvalue weighted by Crippen LogP contribution is -1.83. The van der Waals surface area contributed by atoms with Crippen molar-refractivity contribution >= 4 is 0 Å². The Labute approximate surface area is 83.4 Å². The first-order valence-corrected chi connectivity index (χ1v) is 4.38. The molecule has 1 heterocycles. The van der Waals surface area contributed by atoms with E-state index in [1.807, 2.05) is 42.5 Å². The van der Waals surface area contributed by atoms with Gasteiger partial charge in [0.05, 0.1) is 0 Å². The molecular weight excluding hydrogens is 170 g/mol. The average Bonchev–Trinajstić information content (AvgIpc) is 2.30. The number of hydrogen-bond acceptors (Lipinski definition) is 1. The van der Waals surface area contributed by atoms with Crippen LogP contribution in [0.4, 0.5) is 0 Å². The lowest BCUT2D eigenvalue weighted by Gasteiger charge is -1.99. The topological polar surface area (TPSA) is 12.9 Å². The first-order chi connectivity index (χ1) is 6.90. The molecule has 1 aromatic carbocycles. The SMILES string of the molecule is C#Cc1ccc(-c2ccccc2)cn1. The fourth-order valence-corrected chi connectivity index (χ4v) is 1.28. The Morgan fingerprint density at radius 2 is 1.71 bits per heavy atom. The maximum Gasteiger partial charge on any atom is 0.112 e. The van der Waals surface area contributed by atoms with Gasteiger partial charge in [-0.2, -0.15) is 0 Å². The molecule has 0 atom stereocenters. The molecule has 14 heavy (non-hydrogen) atoms. The van der Waals surface area contributed by atoms with E-state index in [0.29, 0.717) is 5.69 Å². The molecule has 0 N–H and O–H groups in total. The van der Waals surface area contributed by atoms with Crippen molar-refractivity contribution < 1.29 is 0 Å². The number of terminal acetylenes is 1. The van der Waals surface area contributed by atoms with Crippen molar-refractivity contribution in [3.63, 3.8) is 0 Å². The molecule has 0 saturated heterocycles. The second-order valence-electron chi connectivity index (χ2n) is 2.94. The largest absolute Gasteiger partial charge is 0.247 e. The van der Waals surface area contributed by atoms with E-state index in [4.69, 9.17) is 6.42 Å². The summed E-state index contributed by atoms with van der Waals surface area (Å²) in [6.07, 6.45) is 7.02. The standard InChI is InChI=1S/C13H9N/c1-2-13-9-8-12(10-14-13)11-6-4-3-5-7-11/h1,3-10H. The number of nitrogens with zero attached hydrogens (tertiary/aromatic N) is 1. The van der Waals surface area contributed by atoms with Gasteiger partial charge in [-0.3, -0.25) is 0 Å². The van der Waals surface area contributed by atoms with Crippen LogP contribution in [0.5, 0.6) is 0 Å². The van der Waals surface area contributed by atoms with Crippen LogP contribution in [-0.4, -0.2) is 4.98 Å². The second-order valence-corrected chi connectivity index (χ2v) is 2.94. The van der Waals surface area contributed by atoms with Crippen molar-refractivity contribution in [3.8, 4) is 23.5 Å². The van der Waals surface area contributed by atoms with Gasteiger partial charge in [-0.25, -0.2) is 4.98 Å². The zero-order chi connectivity index (χ0) is 9.80. The fourth-order valence-electron chi connectivity index (χ4n) is 1.28. The van der Waals surface area contributed by atoms with E-state index in [1.165, 1.54) is 0 Å². The summed E-state index contributed by atoms with van der Waals surface area (Å²) >= 11 is 0. The second kappa shape index (κ2) is 3.76. The summed E-state index contributed by atoms with van der Waals surface area (Å²) in [5.74, 6) is 2.49. The molecule has 0 saturated carbocycles. The lowest BCUT2D eigenvalue weighted by molar-refractivity contribution is 1.29. The molecule has 2 rings (SSSR count). The van der Waals surface area contributed by atoms with E-state index < -0.39 is 0 Å². The van der Waals surface area contributed by atoms with Crippen LogP contribution in [0.1, 0.15) is 5.69 Å². The minimum Gasteiger partial charge on any atom is -0.247 e. The van der Waals surface area contributed by atoms with Crippen molar-refractivity contribution in [3.05, 3.63) is 54.4 Å². The van der Waals surface area contributed by atoms with E-state index in [2.05, 4.69) is 10.9 Å². The van der Waals surface area contributed by atoms with Crippen molar-refractivity contribution in [1.29, 1.82) is 0 Å². The Hall–Kier alpha value is -2.07. The number of aromatic nitrogens is 1. The van der Waals surface area contributed by atoms with Crippen molar-refractivity contribution in [2.75, 3.05) is 0 Å². The zero-order valence-corrected chi connectivity index (χ0v) is 7.64. The predicted octanol–water partition coefficient (Wildman–Crippen LogP) is 2.73. The van der Waals surface area contributed by atoms with Gasteiger partial charge in [0.15, 0.2) is 0 Å². The highest BCUT2D eigenvalue weighted by Crippen LogP contribution is 2.17. The predicted molar refractivity (Wildman–Crippen MR) is 57.6 cm³/mol. The molecule has 1 heteroatoms. The summed E-state index contributed by atoms with van der Waals surface area (Å²) in [5.41, 5.74) is 2.91. The first kappa shape index (κ1) is 8.52. The minimum absolute atomic E-state index is 0.671. The van der Waals surface area contributed by atoms with E-state index >= 15 is 0 Å². The maximum absolute atomic E-state index is 5.23. The van der Waals surface area contributed by atoms with Crippen LogP contribution in [0.15, 0.2) is 48.7 Å². The van der Waals surface area contributed by atoms with Gasteiger partial charge in [0, 0.05) is 11.8 Å². The van der Waals surface area contributed by atoms with Gasteiger partial charge >= 0.3 is 0 Å². The molecule has 0 aliphatic heterocycles. The van der Waals surface area contributed by atoms with E-state index in [-0.39, 0.29) is 0 Å². The minimum atomic E-state index is 0.671. The molecular formula is C13H9N. The molecule has 0 fully saturated rings. The van der Waals surface area contributed by atoms with Crippen LogP contribution in [0, 0.1) is 12.3 Å². The molecule has 0 spiro atoms. The van der Waals surface area contributed by atoms with Gasteiger partial charge in [-0.05, 0) is 11.6 Å². The van der Waals surface area contributed by atoms with Gasteiger partial charge in [-0.1, -0.05) is 42.3 Å². The fraction of sp³-hybridized carbons (Fsp3) is 0. The Kier molecular flexibility index (Phi) is 2.29. The van der Waals surface area contributed by atoms with Gasteiger partial charge in [0.1, 0.15) is 5.69 Å². The number of pyridine rings is 1. The van der Waals surface area contributed by atoms with Crippen LogP contribution in [0.3, 0.4) is 0 Å². The molecule has 66 valence electrons. The van der Waals surface area contributed by atoms with Crippen molar-refractivity contribution in [2.24, 2.45) is 0 Å². The summed E-state index contributed by atoms with van der Waals surface area (Å²) in [4.78, 5) is 4.14. The van der Waals surface area contributed by atoms with Crippen LogP contribution >= 0.6 is 0 Å². The van der Waals surface area contributed by atoms with Crippen LogP contribution in [-0.2, 0) is 0 Å². The quantitative estimate of drug-likeness (QED) is 0.613. The Balaban J connectivity index is 2.40. The Morgan fingerprint density at radius 1 is 0.929 bits per heavy atom. The molecule has 0 radical (unpaired) electrons. The molecule has 1 nitrogen and oxygen atoms in total. The third-order valence-electron chi connectivity index (χ3n) is 2.02. The third kappa shape index (κ3) is 1.65. The van der Waals surface area contributed by atoms with E-state index in [1.54, 1.807) is 6.20 Å². The van der Waals surface area contributed by atoms with Crippen LogP contribution in [0.25, 0.3) is 11.1 Å². The lowest BCUT2D eigenvalue weighted by atomic mass is 10.1. The molecule has 2 aromatic rings. The van der Waals surface area contributed by atoms with E-state index in [9.17, 15) is 0 Å². The highest BCUT2D eigenvalue weighted by molar-refractivity contribution is 5.62. The number of rotatable bonds is 1. The molecule has 0 aliphatic carbocycles. The molecule has 1 aromatic heterocycles. The smallest absolute Gasteiger partial charge is 0.112 e. The van der Waals surface area contributed by atoms with Gasteiger partial charge in [0.2, 0.25) is 0 Å². The number of benzene rings is 1. The van der Waals surface area contributed by atoms with Crippen LogP contribution < -0.4 is 0 Å². The summed E-state index contributed by atoms with van der Waals surface area (Å²) in [7, 11) is 0. The Morgan fingerprint density at radius 3 is 2.29 bits per heavy atom. The molecule has 0 bridgehead atoms. The maximum atomic E-state index is 5.23. The van der Waals surface area contributed by atoms with Gasteiger partial charge in [0.25, 0.3) is 0 Å². The molecule has 0 unspecified atom stereocenters. The summed E-state index contributed by atoms with van der Waals surface area (Å²) in [6.45, 7) is 0. The monoisotopic (exact) mass is 179 g/mol. The molecule has 0 aliphatic rings. The summed E-state index contributed by atoms with van der Waals surface area (Å²) in [5, 5.41) is 0. The normalized spacial score (nSPS) is 9.36. The number of hydrogen-bond donors (Lipinski definition) is 0. The Bertz CT molecular complexity index is 449. The summed E-state index contributed by atoms with van der Waals surface area (Å²) < 4.78 is 0. The van der Waals surface area contributed by atoms with Crippen molar-refractivity contribution in [1.82, 2.24) is 4.98 Å². The first-order valence-electron chi connectivity index (χ1n) is 4.38. The highest BCUT2D eigenvalue weighted by Gasteiger charge is 1.95. The van der Waals surface area contributed by atoms with Gasteiger partial charge < -0.3 is 0 Å². The highest BCUT2D eigenvalue weighted by atomic mass is 14.7. The van der Waals surface area contributed by atoms with Crippen LogP contribution in [0.2, 0.25) is 0 Å². The van der Waals surface area contributed by atoms with Gasteiger partial charge in [-0.15, -0.1) is 6.42 Å². The zero-order valence-electron chi connectivity index (χ0n) is 7.64. The molecule has 0 amide bonds. The average molecular weight is 179 g/mol.